The minimum atomic E-state index is -4.21. The van der Waals surface area contributed by atoms with Crippen LogP contribution in [0.4, 0.5) is 24.8 Å². The van der Waals surface area contributed by atoms with Crippen molar-refractivity contribution in [2.24, 2.45) is 5.84 Å². The topological polar surface area (TPSA) is 80.3 Å². The lowest BCUT2D eigenvalue weighted by Crippen LogP contribution is -2.17. The number of nitrogens with zero attached hydrogens (tertiary/aromatic N) is 3. The van der Waals surface area contributed by atoms with Crippen LogP contribution in [0.15, 0.2) is 18.6 Å². The summed E-state index contributed by atoms with van der Waals surface area (Å²) in [4.78, 5) is 8.01. The number of nitrogen functional groups attached to an aromatic ring is 1. The van der Waals surface area contributed by atoms with E-state index in [1.807, 2.05) is 0 Å². The van der Waals surface area contributed by atoms with Crippen molar-refractivity contribution in [3.8, 4) is 0 Å². The first-order valence-corrected chi connectivity index (χ1v) is 5.10. The molecule has 0 aliphatic rings. The third kappa shape index (κ3) is 2.80. The van der Waals surface area contributed by atoms with Crippen LogP contribution >= 0.6 is 0 Å². The molecule has 2 rings (SSSR count). The second-order valence-electron chi connectivity index (χ2n) is 3.57. The van der Waals surface area contributed by atoms with Gasteiger partial charge in [0.05, 0.1) is 12.6 Å². The highest BCUT2D eigenvalue weighted by molar-refractivity contribution is 5.65. The van der Waals surface area contributed by atoms with Crippen molar-refractivity contribution in [1.29, 1.82) is 0 Å². The quantitative estimate of drug-likeness (QED) is 0.571. The molecular formula is C9H11F3N6. The van der Waals surface area contributed by atoms with E-state index in [4.69, 9.17) is 5.84 Å². The highest BCUT2D eigenvalue weighted by atomic mass is 19.4. The Balaban J connectivity index is 2.18. The summed E-state index contributed by atoms with van der Waals surface area (Å²) in [5, 5.41) is 2.60. The predicted octanol–water partition coefficient (Wildman–Crippen LogP) is 1.38. The van der Waals surface area contributed by atoms with E-state index < -0.39 is 12.6 Å². The van der Waals surface area contributed by atoms with Crippen molar-refractivity contribution in [3.63, 3.8) is 0 Å². The molecule has 0 bridgehead atoms. The zero-order chi connectivity index (χ0) is 13.2. The van der Waals surface area contributed by atoms with Crippen molar-refractivity contribution >= 4 is 17.3 Å². The Morgan fingerprint density at radius 1 is 1.39 bits per heavy atom. The Morgan fingerprint density at radius 3 is 2.83 bits per heavy atom. The third-order valence-corrected chi connectivity index (χ3v) is 2.22. The molecule has 18 heavy (non-hydrogen) atoms. The predicted molar refractivity (Wildman–Crippen MR) is 60.0 cm³/mol. The van der Waals surface area contributed by atoms with E-state index in [1.54, 1.807) is 16.8 Å². The lowest BCUT2D eigenvalue weighted by Gasteiger charge is -2.10. The summed E-state index contributed by atoms with van der Waals surface area (Å²) in [6.07, 6.45) is -0.402. The maximum atomic E-state index is 12.0. The van der Waals surface area contributed by atoms with Gasteiger partial charge < -0.3 is 15.1 Å². The second-order valence-corrected chi connectivity index (χ2v) is 3.57. The number of hydrazine groups is 1. The van der Waals surface area contributed by atoms with Gasteiger partial charge in [-0.1, -0.05) is 0 Å². The molecule has 0 saturated carbocycles. The number of alkyl halides is 3. The van der Waals surface area contributed by atoms with Crippen LogP contribution in [-0.4, -0.2) is 27.1 Å². The molecule has 0 unspecified atom stereocenters. The molecule has 0 saturated heterocycles. The zero-order valence-electron chi connectivity index (χ0n) is 9.20. The highest BCUT2D eigenvalue weighted by Gasteiger charge is 2.26. The normalized spacial score (nSPS) is 11.8. The van der Waals surface area contributed by atoms with Gasteiger partial charge in [-0.05, 0) is 0 Å². The first-order valence-electron chi connectivity index (χ1n) is 5.10. The Labute approximate surface area is 100.0 Å². The summed E-state index contributed by atoms with van der Waals surface area (Å²) in [7, 11) is 0. The number of anilines is 2. The Bertz CT molecular complexity index is 535. The SMILES string of the molecule is NNc1cn2ccnc2c(NCCC(F)(F)F)n1. The molecule has 0 radical (unpaired) electrons. The Kier molecular flexibility index (Phi) is 3.24. The fraction of sp³-hybridized carbons (Fsp3) is 0.333. The molecule has 9 heteroatoms. The summed E-state index contributed by atoms with van der Waals surface area (Å²) in [6.45, 7) is -0.271. The Hall–Kier alpha value is -2.03. The second kappa shape index (κ2) is 4.69. The molecule has 2 aromatic rings. The van der Waals surface area contributed by atoms with E-state index in [0.29, 0.717) is 11.5 Å². The van der Waals surface area contributed by atoms with Crippen LogP contribution in [0.1, 0.15) is 6.42 Å². The number of hydrogen-bond donors (Lipinski definition) is 3. The lowest BCUT2D eigenvalue weighted by atomic mass is 10.4. The van der Waals surface area contributed by atoms with Gasteiger partial charge >= 0.3 is 6.18 Å². The summed E-state index contributed by atoms with van der Waals surface area (Å²) >= 11 is 0. The van der Waals surface area contributed by atoms with Crippen LogP contribution in [0.5, 0.6) is 0 Å². The summed E-state index contributed by atoms with van der Waals surface area (Å²) in [6, 6.07) is 0. The molecule has 0 aliphatic carbocycles. The van der Waals surface area contributed by atoms with Crippen molar-refractivity contribution in [1.82, 2.24) is 14.4 Å². The maximum absolute atomic E-state index is 12.0. The minimum Gasteiger partial charge on any atom is -0.367 e. The molecule has 0 aromatic carbocycles. The minimum absolute atomic E-state index is 0.250. The van der Waals surface area contributed by atoms with Gasteiger partial charge in [0.1, 0.15) is 0 Å². The molecular weight excluding hydrogens is 249 g/mol. The first-order chi connectivity index (χ1) is 8.49. The number of fused-ring (bicyclic) bond motifs is 1. The number of halogens is 3. The molecule has 0 aliphatic heterocycles. The fourth-order valence-electron chi connectivity index (χ4n) is 1.44. The zero-order valence-corrected chi connectivity index (χ0v) is 9.20. The van der Waals surface area contributed by atoms with E-state index in [0.717, 1.165) is 0 Å². The van der Waals surface area contributed by atoms with Crippen LogP contribution < -0.4 is 16.6 Å². The van der Waals surface area contributed by atoms with Crippen LogP contribution in [0.2, 0.25) is 0 Å². The average Bonchev–Trinajstić information content (AvgIpc) is 2.75. The first kappa shape index (κ1) is 12.4. The number of imidazole rings is 1. The lowest BCUT2D eigenvalue weighted by molar-refractivity contribution is -0.131. The number of aromatic nitrogens is 3. The smallest absolute Gasteiger partial charge is 0.367 e. The monoisotopic (exact) mass is 260 g/mol. The summed E-state index contributed by atoms with van der Waals surface area (Å²) in [5.41, 5.74) is 2.77. The van der Waals surface area contributed by atoms with Crippen LogP contribution in [0.3, 0.4) is 0 Å². The van der Waals surface area contributed by atoms with Crippen LogP contribution in [0.25, 0.3) is 5.65 Å². The van der Waals surface area contributed by atoms with Crippen molar-refractivity contribution in [3.05, 3.63) is 18.6 Å². The van der Waals surface area contributed by atoms with E-state index in [1.165, 1.54) is 6.20 Å². The molecule has 98 valence electrons. The van der Waals surface area contributed by atoms with Gasteiger partial charge in [-0.25, -0.2) is 15.8 Å². The fourth-order valence-corrected chi connectivity index (χ4v) is 1.44. The molecule has 2 heterocycles. The average molecular weight is 260 g/mol. The molecule has 0 spiro atoms. The number of nitrogens with two attached hydrogens (primary N) is 1. The number of nitrogens with one attached hydrogen (secondary N) is 2. The Morgan fingerprint density at radius 2 is 2.17 bits per heavy atom. The molecule has 2 aromatic heterocycles. The summed E-state index contributed by atoms with van der Waals surface area (Å²) in [5.74, 6) is 5.80. The van der Waals surface area contributed by atoms with Gasteiger partial charge in [-0.3, -0.25) is 0 Å². The standard InChI is InChI=1S/C9H11F3N6/c10-9(11,12)1-2-14-7-8-15-3-4-18(8)5-6(16-7)17-13/h3-5,17H,1-2,13H2,(H,14,16). The largest absolute Gasteiger partial charge is 0.390 e. The molecule has 0 amide bonds. The van der Waals surface area contributed by atoms with E-state index in [-0.39, 0.29) is 12.4 Å². The number of rotatable bonds is 4. The van der Waals surface area contributed by atoms with E-state index >= 15 is 0 Å². The van der Waals surface area contributed by atoms with Crippen LogP contribution in [0, 0.1) is 0 Å². The van der Waals surface area contributed by atoms with Crippen molar-refractivity contribution < 1.29 is 13.2 Å². The third-order valence-electron chi connectivity index (χ3n) is 2.22. The van der Waals surface area contributed by atoms with Gasteiger partial charge in [0.25, 0.3) is 0 Å². The highest BCUT2D eigenvalue weighted by Crippen LogP contribution is 2.20. The van der Waals surface area contributed by atoms with Gasteiger partial charge in [-0.2, -0.15) is 13.2 Å². The molecule has 4 N–H and O–H groups in total. The molecule has 0 fully saturated rings. The van der Waals surface area contributed by atoms with Gasteiger partial charge in [0.2, 0.25) is 0 Å². The maximum Gasteiger partial charge on any atom is 0.390 e. The van der Waals surface area contributed by atoms with Gasteiger partial charge in [-0.15, -0.1) is 0 Å². The summed E-state index contributed by atoms with van der Waals surface area (Å²) < 4.78 is 37.7. The van der Waals surface area contributed by atoms with Gasteiger partial charge in [0.15, 0.2) is 17.3 Å². The van der Waals surface area contributed by atoms with Crippen molar-refractivity contribution in [2.75, 3.05) is 17.3 Å². The molecule has 0 atom stereocenters. The van der Waals surface area contributed by atoms with E-state index in [2.05, 4.69) is 20.7 Å². The number of hydrogen-bond acceptors (Lipinski definition) is 5. The molecule has 6 nitrogen and oxygen atoms in total. The van der Waals surface area contributed by atoms with Crippen LogP contribution in [-0.2, 0) is 0 Å². The van der Waals surface area contributed by atoms with Gasteiger partial charge in [0, 0.05) is 18.9 Å². The van der Waals surface area contributed by atoms with E-state index in [9.17, 15) is 13.2 Å². The van der Waals surface area contributed by atoms with Crippen molar-refractivity contribution in [2.45, 2.75) is 12.6 Å².